The Morgan fingerprint density at radius 3 is 2.83 bits per heavy atom. The molecule has 1 aromatic rings. The van der Waals surface area contributed by atoms with Gasteiger partial charge in [0.25, 0.3) is 0 Å². The second-order valence-corrected chi connectivity index (χ2v) is 5.72. The van der Waals surface area contributed by atoms with Crippen molar-refractivity contribution in [3.63, 3.8) is 0 Å². The molecular formula is C12H21N3O2S. The Morgan fingerprint density at radius 2 is 2.28 bits per heavy atom. The normalized spacial score (nSPS) is 12.5. The maximum Gasteiger partial charge on any atom is 0.321 e. The van der Waals surface area contributed by atoms with Crippen LogP contribution in [0.1, 0.15) is 32.1 Å². The van der Waals surface area contributed by atoms with Crippen molar-refractivity contribution < 1.29 is 9.90 Å². The van der Waals surface area contributed by atoms with Gasteiger partial charge in [0, 0.05) is 17.6 Å². The molecule has 0 bridgehead atoms. The van der Waals surface area contributed by atoms with Gasteiger partial charge >= 0.3 is 6.03 Å². The third kappa shape index (κ3) is 5.46. The molecule has 1 unspecified atom stereocenters. The number of nitrogens with one attached hydrogen (secondary N) is 2. The smallest absolute Gasteiger partial charge is 0.321 e. The van der Waals surface area contributed by atoms with E-state index in [1.807, 2.05) is 20.8 Å². The highest BCUT2D eigenvalue weighted by Crippen LogP contribution is 2.17. The molecule has 0 fully saturated rings. The van der Waals surface area contributed by atoms with Crippen LogP contribution in [0.4, 0.5) is 9.93 Å². The largest absolute Gasteiger partial charge is 0.391 e. The predicted molar refractivity (Wildman–Crippen MR) is 74.0 cm³/mol. The number of aromatic nitrogens is 1. The Morgan fingerprint density at radius 1 is 1.56 bits per heavy atom. The van der Waals surface area contributed by atoms with Gasteiger partial charge in [-0.25, -0.2) is 9.78 Å². The number of anilines is 1. The molecular weight excluding hydrogens is 250 g/mol. The van der Waals surface area contributed by atoms with Crippen molar-refractivity contribution in [3.05, 3.63) is 11.1 Å². The molecule has 0 aliphatic carbocycles. The number of aliphatic hydroxyl groups is 1. The van der Waals surface area contributed by atoms with Crippen LogP contribution in [0.2, 0.25) is 0 Å². The summed E-state index contributed by atoms with van der Waals surface area (Å²) in [6, 6.07) is -0.324. The predicted octanol–water partition coefficient (Wildman–Crippen LogP) is 2.23. The molecule has 18 heavy (non-hydrogen) atoms. The van der Waals surface area contributed by atoms with Gasteiger partial charge in [-0.1, -0.05) is 20.8 Å². The number of aliphatic hydroxyl groups excluding tert-OH is 1. The summed E-state index contributed by atoms with van der Waals surface area (Å²) in [6.07, 6.45) is 2.85. The zero-order chi connectivity index (χ0) is 13.5. The highest BCUT2D eigenvalue weighted by atomic mass is 32.1. The van der Waals surface area contributed by atoms with Crippen molar-refractivity contribution in [2.24, 2.45) is 5.92 Å². The lowest BCUT2D eigenvalue weighted by Crippen LogP contribution is -2.35. The number of carbonyl (C=O) groups excluding carboxylic acids is 1. The van der Waals surface area contributed by atoms with E-state index in [0.29, 0.717) is 17.5 Å². The minimum absolute atomic E-state index is 0.260. The van der Waals surface area contributed by atoms with Crippen LogP contribution in [0.5, 0.6) is 0 Å². The number of hydrogen-bond donors (Lipinski definition) is 3. The number of urea groups is 1. The van der Waals surface area contributed by atoms with E-state index < -0.39 is 6.10 Å². The standard InChI is InChI=1S/C12H21N3O2S/c1-4-10-7-14-12(18-10)15-11(17)13-6-9(16)5-8(2)3/h7-9,16H,4-6H2,1-3H3,(H2,13,14,15,17). The lowest BCUT2D eigenvalue weighted by Gasteiger charge is -2.13. The first kappa shape index (κ1) is 14.9. The van der Waals surface area contributed by atoms with Crippen LogP contribution in [0.25, 0.3) is 0 Å². The zero-order valence-electron chi connectivity index (χ0n) is 11.1. The molecule has 102 valence electrons. The van der Waals surface area contributed by atoms with Crippen LogP contribution in [0.15, 0.2) is 6.20 Å². The van der Waals surface area contributed by atoms with Crippen LogP contribution < -0.4 is 10.6 Å². The van der Waals surface area contributed by atoms with Crippen molar-refractivity contribution in [2.75, 3.05) is 11.9 Å². The van der Waals surface area contributed by atoms with E-state index >= 15 is 0 Å². The zero-order valence-corrected chi connectivity index (χ0v) is 11.9. The fourth-order valence-corrected chi connectivity index (χ4v) is 2.26. The Labute approximate surface area is 112 Å². The topological polar surface area (TPSA) is 74.2 Å². The minimum atomic E-state index is -0.502. The van der Waals surface area contributed by atoms with E-state index in [1.54, 1.807) is 6.20 Å². The lowest BCUT2D eigenvalue weighted by molar-refractivity contribution is 0.148. The van der Waals surface area contributed by atoms with Gasteiger partial charge in [0.05, 0.1) is 6.10 Å². The van der Waals surface area contributed by atoms with Crippen molar-refractivity contribution in [2.45, 2.75) is 39.7 Å². The molecule has 0 aliphatic heterocycles. The summed E-state index contributed by atoms with van der Waals surface area (Å²) < 4.78 is 0. The van der Waals surface area contributed by atoms with Gasteiger partial charge in [0.15, 0.2) is 5.13 Å². The van der Waals surface area contributed by atoms with Gasteiger partial charge < -0.3 is 10.4 Å². The molecule has 0 saturated heterocycles. The summed E-state index contributed by atoms with van der Waals surface area (Å²) in [6.45, 7) is 6.37. The number of aryl methyl sites for hydroxylation is 1. The maximum atomic E-state index is 11.5. The number of thiazole rings is 1. The molecule has 1 heterocycles. The van der Waals surface area contributed by atoms with Crippen molar-refractivity contribution in [1.82, 2.24) is 10.3 Å². The Hall–Kier alpha value is -1.14. The van der Waals surface area contributed by atoms with Gasteiger partial charge in [-0.3, -0.25) is 5.32 Å². The third-order valence-electron chi connectivity index (χ3n) is 2.36. The number of amides is 2. The van der Waals surface area contributed by atoms with Crippen LogP contribution in [-0.4, -0.2) is 28.8 Å². The van der Waals surface area contributed by atoms with E-state index in [2.05, 4.69) is 15.6 Å². The van der Waals surface area contributed by atoms with Gasteiger partial charge in [-0.05, 0) is 18.8 Å². The summed E-state index contributed by atoms with van der Waals surface area (Å²) in [4.78, 5) is 16.7. The monoisotopic (exact) mass is 271 g/mol. The van der Waals surface area contributed by atoms with Crippen molar-refractivity contribution in [1.29, 1.82) is 0 Å². The van der Waals surface area contributed by atoms with E-state index in [0.717, 1.165) is 11.3 Å². The van der Waals surface area contributed by atoms with Gasteiger partial charge in [0.2, 0.25) is 0 Å². The van der Waals surface area contributed by atoms with E-state index in [9.17, 15) is 9.90 Å². The second kappa shape index (κ2) is 7.33. The number of nitrogens with zero attached hydrogens (tertiary/aromatic N) is 1. The summed E-state index contributed by atoms with van der Waals surface area (Å²) in [5.74, 6) is 0.413. The fraction of sp³-hybridized carbons (Fsp3) is 0.667. The van der Waals surface area contributed by atoms with Crippen LogP contribution in [-0.2, 0) is 6.42 Å². The summed E-state index contributed by atoms with van der Waals surface area (Å²) in [5.41, 5.74) is 0. The van der Waals surface area contributed by atoms with Crippen molar-refractivity contribution in [3.8, 4) is 0 Å². The molecule has 1 rings (SSSR count). The third-order valence-corrected chi connectivity index (χ3v) is 3.42. The van der Waals surface area contributed by atoms with Gasteiger partial charge in [-0.15, -0.1) is 11.3 Å². The molecule has 3 N–H and O–H groups in total. The van der Waals surface area contributed by atoms with E-state index in [1.165, 1.54) is 11.3 Å². The summed E-state index contributed by atoms with van der Waals surface area (Å²) >= 11 is 1.46. The molecule has 0 saturated carbocycles. The number of rotatable bonds is 6. The Balaban J connectivity index is 2.29. The van der Waals surface area contributed by atoms with Crippen molar-refractivity contribution >= 4 is 22.5 Å². The van der Waals surface area contributed by atoms with E-state index in [4.69, 9.17) is 0 Å². The highest BCUT2D eigenvalue weighted by Gasteiger charge is 2.10. The molecule has 0 aromatic carbocycles. The molecule has 0 radical (unpaired) electrons. The fourth-order valence-electron chi connectivity index (χ4n) is 1.51. The Bertz CT molecular complexity index is 379. The molecule has 1 atom stereocenters. The molecule has 5 nitrogen and oxygen atoms in total. The summed E-state index contributed by atoms with van der Waals surface area (Å²) in [5, 5.41) is 15.5. The van der Waals surface area contributed by atoms with Crippen LogP contribution >= 0.6 is 11.3 Å². The molecule has 0 spiro atoms. The molecule has 2 amide bonds. The van der Waals surface area contributed by atoms with E-state index in [-0.39, 0.29) is 12.6 Å². The molecule has 6 heteroatoms. The number of hydrogen-bond acceptors (Lipinski definition) is 4. The molecule has 1 aromatic heterocycles. The van der Waals surface area contributed by atoms with Crippen LogP contribution in [0, 0.1) is 5.92 Å². The summed E-state index contributed by atoms with van der Waals surface area (Å²) in [7, 11) is 0. The number of carbonyl (C=O) groups is 1. The first-order chi connectivity index (χ1) is 8.51. The quantitative estimate of drug-likeness (QED) is 0.743. The average molecular weight is 271 g/mol. The highest BCUT2D eigenvalue weighted by molar-refractivity contribution is 7.15. The lowest BCUT2D eigenvalue weighted by atomic mass is 10.1. The SMILES string of the molecule is CCc1cnc(NC(=O)NCC(O)CC(C)C)s1. The first-order valence-electron chi connectivity index (χ1n) is 6.18. The first-order valence-corrected chi connectivity index (χ1v) is 7.00. The molecule has 0 aliphatic rings. The van der Waals surface area contributed by atoms with Gasteiger partial charge in [0.1, 0.15) is 0 Å². The van der Waals surface area contributed by atoms with Gasteiger partial charge in [-0.2, -0.15) is 0 Å². The maximum absolute atomic E-state index is 11.5. The minimum Gasteiger partial charge on any atom is -0.391 e. The average Bonchev–Trinajstić information content (AvgIpc) is 2.73. The second-order valence-electron chi connectivity index (χ2n) is 4.60. The van der Waals surface area contributed by atoms with Crippen LogP contribution in [0.3, 0.4) is 0 Å². The Kier molecular flexibility index (Phi) is 6.07.